The zero-order chi connectivity index (χ0) is 19.7. The van der Waals surface area contributed by atoms with E-state index in [0.29, 0.717) is 12.1 Å². The molecule has 0 aliphatic heterocycles. The fraction of sp³-hybridized carbons (Fsp3) is 0.100. The lowest BCUT2D eigenvalue weighted by molar-refractivity contribution is 0.601. The van der Waals surface area contributed by atoms with Crippen molar-refractivity contribution in [2.45, 2.75) is 17.7 Å². The van der Waals surface area contributed by atoms with E-state index in [1.54, 1.807) is 30.3 Å². The molecular formula is C20H19N5O2S. The van der Waals surface area contributed by atoms with Gasteiger partial charge >= 0.3 is 0 Å². The number of nitrogens with zero attached hydrogens (tertiary/aromatic N) is 2. The van der Waals surface area contributed by atoms with E-state index in [4.69, 9.17) is 11.5 Å². The fourth-order valence-corrected chi connectivity index (χ4v) is 4.37. The van der Waals surface area contributed by atoms with E-state index in [1.165, 1.54) is 0 Å². The minimum Gasteiger partial charge on any atom is -0.369 e. The highest BCUT2D eigenvalue weighted by atomic mass is 32.2. The van der Waals surface area contributed by atoms with Gasteiger partial charge in [0.05, 0.1) is 10.6 Å². The number of benzene rings is 3. The maximum atomic E-state index is 12.8. The molecule has 0 heterocycles. The van der Waals surface area contributed by atoms with Crippen molar-refractivity contribution in [3.05, 3.63) is 71.8 Å². The first kappa shape index (κ1) is 18.0. The number of nitrogens with two attached hydrogens (primary N) is 2. The number of nitrogens with one attached hydrogen (secondary N) is 1. The molecule has 0 saturated heterocycles. The van der Waals surface area contributed by atoms with Gasteiger partial charge in [-0.15, -0.1) is 5.10 Å². The minimum absolute atomic E-state index is 0.117. The van der Waals surface area contributed by atoms with Crippen molar-refractivity contribution in [2.24, 2.45) is 21.7 Å². The summed E-state index contributed by atoms with van der Waals surface area (Å²) >= 11 is 0. The van der Waals surface area contributed by atoms with Crippen molar-refractivity contribution in [3.8, 4) is 0 Å². The third-order valence-electron chi connectivity index (χ3n) is 4.62. The quantitative estimate of drug-likeness (QED) is 0.358. The topological polar surface area (TPSA) is 123 Å². The van der Waals surface area contributed by atoms with Crippen LogP contribution in [-0.4, -0.2) is 20.1 Å². The van der Waals surface area contributed by atoms with Crippen LogP contribution < -0.4 is 16.2 Å². The summed E-state index contributed by atoms with van der Waals surface area (Å²) in [6.45, 7) is 0. The fourth-order valence-electron chi connectivity index (χ4n) is 3.28. The third-order valence-corrected chi connectivity index (χ3v) is 6.00. The number of guanidine groups is 1. The molecule has 0 amide bonds. The van der Waals surface area contributed by atoms with Crippen LogP contribution in [0.15, 0.2) is 75.8 Å². The van der Waals surface area contributed by atoms with Gasteiger partial charge in [0.2, 0.25) is 5.96 Å². The predicted molar refractivity (Wildman–Crippen MR) is 112 cm³/mol. The highest BCUT2D eigenvalue weighted by molar-refractivity contribution is 7.92. The molecule has 0 aromatic heterocycles. The number of fused-ring (bicyclic) bond motifs is 2. The molecule has 28 heavy (non-hydrogen) atoms. The van der Waals surface area contributed by atoms with E-state index < -0.39 is 10.0 Å². The van der Waals surface area contributed by atoms with E-state index in [0.717, 1.165) is 34.0 Å². The number of anilines is 1. The maximum Gasteiger partial charge on any atom is 0.261 e. The van der Waals surface area contributed by atoms with E-state index in [2.05, 4.69) is 14.9 Å². The van der Waals surface area contributed by atoms with Gasteiger partial charge in [-0.25, -0.2) is 8.42 Å². The SMILES string of the molecule is NC(N)=N/N=C1/CCc2ccc(NS(=O)(=O)c3ccc4ccccc4c3)cc21. The number of rotatable bonds is 4. The van der Waals surface area contributed by atoms with Crippen molar-refractivity contribution < 1.29 is 8.42 Å². The Hall–Kier alpha value is -3.39. The Bertz CT molecular complexity index is 1230. The van der Waals surface area contributed by atoms with Crippen LogP contribution in [0.5, 0.6) is 0 Å². The number of sulfonamides is 1. The Morgan fingerprint density at radius 2 is 1.71 bits per heavy atom. The van der Waals surface area contributed by atoms with E-state index in [9.17, 15) is 8.42 Å². The molecular weight excluding hydrogens is 374 g/mol. The summed E-state index contributed by atoms with van der Waals surface area (Å²) in [4.78, 5) is 0.209. The summed E-state index contributed by atoms with van der Waals surface area (Å²) in [5.41, 5.74) is 13.8. The van der Waals surface area contributed by atoms with Crippen LogP contribution >= 0.6 is 0 Å². The van der Waals surface area contributed by atoms with Gasteiger partial charge < -0.3 is 11.5 Å². The van der Waals surface area contributed by atoms with Gasteiger partial charge in [-0.1, -0.05) is 36.4 Å². The van der Waals surface area contributed by atoms with E-state index in [-0.39, 0.29) is 10.9 Å². The Morgan fingerprint density at radius 1 is 0.929 bits per heavy atom. The first-order valence-corrected chi connectivity index (χ1v) is 10.2. The van der Waals surface area contributed by atoms with Crippen LogP contribution in [0.25, 0.3) is 10.8 Å². The Morgan fingerprint density at radius 3 is 2.50 bits per heavy atom. The average Bonchev–Trinajstić information content (AvgIpc) is 3.08. The van der Waals surface area contributed by atoms with Crippen LogP contribution in [0.2, 0.25) is 0 Å². The molecule has 0 saturated carbocycles. The summed E-state index contributed by atoms with van der Waals surface area (Å²) in [7, 11) is -3.72. The van der Waals surface area contributed by atoms with Crippen molar-refractivity contribution in [1.29, 1.82) is 0 Å². The lowest BCUT2D eigenvalue weighted by Gasteiger charge is -2.10. The number of hydrogen-bond acceptors (Lipinski definition) is 4. The summed E-state index contributed by atoms with van der Waals surface area (Å²) in [5, 5.41) is 9.63. The zero-order valence-electron chi connectivity index (χ0n) is 15.0. The molecule has 8 heteroatoms. The van der Waals surface area contributed by atoms with E-state index in [1.807, 2.05) is 30.3 Å². The summed E-state index contributed by atoms with van der Waals surface area (Å²) < 4.78 is 28.3. The summed E-state index contributed by atoms with van der Waals surface area (Å²) in [6, 6.07) is 18.1. The van der Waals surface area contributed by atoms with Gasteiger partial charge in [0, 0.05) is 11.3 Å². The Kier molecular flexibility index (Phi) is 4.48. The van der Waals surface area contributed by atoms with Crippen molar-refractivity contribution in [1.82, 2.24) is 0 Å². The highest BCUT2D eigenvalue weighted by Gasteiger charge is 2.20. The predicted octanol–water partition coefficient (Wildman–Crippen LogP) is 2.56. The van der Waals surface area contributed by atoms with E-state index >= 15 is 0 Å². The van der Waals surface area contributed by atoms with Crippen molar-refractivity contribution >= 4 is 38.2 Å². The molecule has 0 atom stereocenters. The van der Waals surface area contributed by atoms with Crippen LogP contribution in [0.3, 0.4) is 0 Å². The maximum absolute atomic E-state index is 12.8. The number of hydrogen-bond donors (Lipinski definition) is 3. The van der Waals surface area contributed by atoms with Crippen molar-refractivity contribution in [2.75, 3.05) is 4.72 Å². The molecule has 0 spiro atoms. The standard InChI is InChI=1S/C20H19N5O2S/c21-20(22)24-23-19-10-7-14-5-8-16(12-18(14)19)25-28(26,27)17-9-6-13-3-1-2-4-15(13)11-17/h1-6,8-9,11-12,25H,7,10H2,(H4,21,22,24)/b23-19-. The molecule has 3 aromatic carbocycles. The molecule has 1 aliphatic carbocycles. The lowest BCUT2D eigenvalue weighted by Crippen LogP contribution is -2.22. The first-order valence-electron chi connectivity index (χ1n) is 8.73. The van der Waals surface area contributed by atoms with Gasteiger partial charge in [-0.3, -0.25) is 4.72 Å². The van der Waals surface area contributed by atoms with Crippen LogP contribution in [-0.2, 0) is 16.4 Å². The zero-order valence-corrected chi connectivity index (χ0v) is 15.8. The molecule has 1 aliphatic rings. The molecule has 0 bridgehead atoms. The molecule has 7 nitrogen and oxygen atoms in total. The molecule has 4 rings (SSSR count). The highest BCUT2D eigenvalue weighted by Crippen LogP contribution is 2.28. The first-order chi connectivity index (χ1) is 13.4. The molecule has 142 valence electrons. The van der Waals surface area contributed by atoms with Gasteiger partial charge in [0.25, 0.3) is 10.0 Å². The second-order valence-electron chi connectivity index (χ2n) is 6.56. The second-order valence-corrected chi connectivity index (χ2v) is 8.24. The third kappa shape index (κ3) is 3.54. The van der Waals surface area contributed by atoms with Crippen LogP contribution in [0.4, 0.5) is 5.69 Å². The lowest BCUT2D eigenvalue weighted by atomic mass is 10.1. The largest absolute Gasteiger partial charge is 0.369 e. The summed E-state index contributed by atoms with van der Waals surface area (Å²) in [6.07, 6.45) is 1.51. The molecule has 5 N–H and O–H groups in total. The van der Waals surface area contributed by atoms with Gasteiger partial charge in [-0.05, 0) is 53.4 Å². The number of aryl methyl sites for hydroxylation is 1. The van der Waals surface area contributed by atoms with Gasteiger partial charge in [0.15, 0.2) is 0 Å². The van der Waals surface area contributed by atoms with Gasteiger partial charge in [-0.2, -0.15) is 5.10 Å². The molecule has 0 fully saturated rings. The van der Waals surface area contributed by atoms with Crippen LogP contribution in [0, 0.1) is 0 Å². The average molecular weight is 393 g/mol. The Balaban J connectivity index is 1.66. The van der Waals surface area contributed by atoms with Gasteiger partial charge in [0.1, 0.15) is 0 Å². The molecule has 3 aromatic rings. The summed E-state index contributed by atoms with van der Waals surface area (Å²) in [5.74, 6) is -0.117. The molecule has 0 unspecified atom stereocenters. The second kappa shape index (κ2) is 6.97. The smallest absolute Gasteiger partial charge is 0.261 e. The molecule has 0 radical (unpaired) electrons. The normalized spacial score (nSPS) is 14.8. The monoisotopic (exact) mass is 393 g/mol. The van der Waals surface area contributed by atoms with Crippen LogP contribution in [0.1, 0.15) is 17.5 Å². The Labute approximate surface area is 162 Å². The van der Waals surface area contributed by atoms with Crippen molar-refractivity contribution in [3.63, 3.8) is 0 Å². The minimum atomic E-state index is -3.72.